The molecular formula is C15H20N2O. The van der Waals surface area contributed by atoms with E-state index in [1.165, 1.54) is 0 Å². The second kappa shape index (κ2) is 7.05. The fourth-order valence-corrected chi connectivity index (χ4v) is 1.89. The molecule has 1 aliphatic heterocycles. The maximum atomic E-state index is 5.30. The molecule has 0 aromatic heterocycles. The normalized spacial score (nSPS) is 17.6. The van der Waals surface area contributed by atoms with E-state index < -0.39 is 0 Å². The van der Waals surface area contributed by atoms with E-state index >= 15 is 0 Å². The summed E-state index contributed by atoms with van der Waals surface area (Å²) in [4.78, 5) is 2.33. The molecule has 3 heteroatoms. The molecule has 1 saturated heterocycles. The van der Waals surface area contributed by atoms with Crippen LogP contribution in [0.1, 0.15) is 6.92 Å². The quantitative estimate of drug-likeness (QED) is 0.821. The number of anilines is 1. The molecule has 1 aromatic carbocycles. The van der Waals surface area contributed by atoms with Gasteiger partial charge in [-0.05, 0) is 19.1 Å². The molecule has 1 N–H and O–H groups in total. The molecule has 1 unspecified atom stereocenters. The van der Waals surface area contributed by atoms with Crippen LogP contribution < -0.4 is 5.32 Å². The van der Waals surface area contributed by atoms with Gasteiger partial charge in [0.15, 0.2) is 0 Å². The molecule has 0 saturated carbocycles. The summed E-state index contributed by atoms with van der Waals surface area (Å²) in [6, 6.07) is 10.3. The van der Waals surface area contributed by atoms with Crippen LogP contribution >= 0.6 is 0 Å². The molecule has 0 spiro atoms. The van der Waals surface area contributed by atoms with Crippen LogP contribution in [-0.4, -0.2) is 43.8 Å². The summed E-state index contributed by atoms with van der Waals surface area (Å²) in [5.41, 5.74) is 1.12. The van der Waals surface area contributed by atoms with Crippen molar-refractivity contribution in [2.75, 3.05) is 38.2 Å². The van der Waals surface area contributed by atoms with Crippen LogP contribution in [0.2, 0.25) is 0 Å². The zero-order valence-electron chi connectivity index (χ0n) is 10.9. The third-order valence-electron chi connectivity index (χ3n) is 2.88. The van der Waals surface area contributed by atoms with Crippen LogP contribution in [0, 0.1) is 11.8 Å². The van der Waals surface area contributed by atoms with E-state index in [-0.39, 0.29) is 6.04 Å². The number of morpholine rings is 1. The summed E-state index contributed by atoms with van der Waals surface area (Å²) < 4.78 is 5.30. The third-order valence-corrected chi connectivity index (χ3v) is 2.88. The lowest BCUT2D eigenvalue weighted by atomic mass is 10.2. The van der Waals surface area contributed by atoms with Gasteiger partial charge >= 0.3 is 0 Å². The number of nitrogens with one attached hydrogen (secondary N) is 1. The number of para-hydroxylation sites is 1. The lowest BCUT2D eigenvalue weighted by Gasteiger charge is -2.24. The second-order valence-electron chi connectivity index (χ2n) is 4.44. The zero-order chi connectivity index (χ0) is 12.6. The summed E-state index contributed by atoms with van der Waals surface area (Å²) in [5, 5.41) is 3.36. The minimum Gasteiger partial charge on any atom is -0.379 e. The Labute approximate surface area is 109 Å². The van der Waals surface area contributed by atoms with Crippen molar-refractivity contribution in [1.29, 1.82) is 0 Å². The van der Waals surface area contributed by atoms with E-state index in [1.807, 2.05) is 18.2 Å². The van der Waals surface area contributed by atoms with E-state index in [0.29, 0.717) is 0 Å². The molecule has 96 valence electrons. The Bertz CT molecular complexity index is 401. The van der Waals surface area contributed by atoms with Crippen LogP contribution in [0.25, 0.3) is 0 Å². The van der Waals surface area contributed by atoms with Gasteiger partial charge in [-0.1, -0.05) is 30.0 Å². The Morgan fingerprint density at radius 1 is 1.28 bits per heavy atom. The molecule has 2 rings (SSSR count). The summed E-state index contributed by atoms with van der Waals surface area (Å²) in [7, 11) is 0. The van der Waals surface area contributed by atoms with Gasteiger partial charge in [-0.3, -0.25) is 4.90 Å². The fraction of sp³-hybridized carbons (Fsp3) is 0.467. The van der Waals surface area contributed by atoms with E-state index in [2.05, 4.69) is 41.1 Å². The number of rotatable bonds is 3. The standard InChI is InChI=1S/C15H20N2O/c1-14(16-15-7-3-2-4-8-15)6-5-9-17-10-12-18-13-11-17/h2-4,7-8,14,16H,9-13H2,1H3. The minimum absolute atomic E-state index is 0.174. The molecule has 18 heavy (non-hydrogen) atoms. The van der Waals surface area contributed by atoms with Gasteiger partial charge < -0.3 is 10.1 Å². The average molecular weight is 244 g/mol. The first-order chi connectivity index (χ1) is 8.84. The highest BCUT2D eigenvalue weighted by atomic mass is 16.5. The fourth-order valence-electron chi connectivity index (χ4n) is 1.89. The van der Waals surface area contributed by atoms with E-state index in [0.717, 1.165) is 38.5 Å². The van der Waals surface area contributed by atoms with Crippen molar-refractivity contribution in [3.8, 4) is 11.8 Å². The smallest absolute Gasteiger partial charge is 0.0849 e. The van der Waals surface area contributed by atoms with Crippen molar-refractivity contribution >= 4 is 5.69 Å². The molecule has 0 radical (unpaired) electrons. The molecule has 0 bridgehead atoms. The Balaban J connectivity index is 1.75. The number of hydrogen-bond donors (Lipinski definition) is 1. The SMILES string of the molecule is CC(C#CCN1CCOCC1)Nc1ccccc1. The van der Waals surface area contributed by atoms with Crippen LogP contribution in [0.15, 0.2) is 30.3 Å². The number of ether oxygens (including phenoxy) is 1. The molecule has 0 amide bonds. The largest absolute Gasteiger partial charge is 0.379 e. The molecule has 1 atom stereocenters. The monoisotopic (exact) mass is 244 g/mol. The molecule has 1 fully saturated rings. The Morgan fingerprint density at radius 3 is 2.72 bits per heavy atom. The van der Waals surface area contributed by atoms with E-state index in [9.17, 15) is 0 Å². The third kappa shape index (κ3) is 4.40. The summed E-state index contributed by atoms with van der Waals surface area (Å²) in [6.07, 6.45) is 0. The highest BCUT2D eigenvalue weighted by Crippen LogP contribution is 2.06. The molecule has 3 nitrogen and oxygen atoms in total. The van der Waals surface area contributed by atoms with Gasteiger partial charge in [0.05, 0.1) is 25.8 Å². The predicted molar refractivity (Wildman–Crippen MR) is 74.6 cm³/mol. The first-order valence-electron chi connectivity index (χ1n) is 6.44. The molecule has 0 aliphatic carbocycles. The average Bonchev–Trinajstić information content (AvgIpc) is 2.41. The van der Waals surface area contributed by atoms with Gasteiger partial charge in [-0.15, -0.1) is 0 Å². The Morgan fingerprint density at radius 2 is 2.00 bits per heavy atom. The van der Waals surface area contributed by atoms with Crippen molar-refractivity contribution in [2.24, 2.45) is 0 Å². The summed E-state index contributed by atoms with van der Waals surface area (Å²) in [6.45, 7) is 6.58. The maximum absolute atomic E-state index is 5.30. The molecule has 1 aliphatic rings. The van der Waals surface area contributed by atoms with Gasteiger partial charge in [0.2, 0.25) is 0 Å². The highest BCUT2D eigenvalue weighted by Gasteiger charge is 2.07. The maximum Gasteiger partial charge on any atom is 0.0849 e. The Hall–Kier alpha value is -1.50. The van der Waals surface area contributed by atoms with Gasteiger partial charge in [0, 0.05) is 18.8 Å². The van der Waals surface area contributed by atoms with Crippen LogP contribution in [0.4, 0.5) is 5.69 Å². The van der Waals surface area contributed by atoms with Gasteiger partial charge in [-0.25, -0.2) is 0 Å². The topological polar surface area (TPSA) is 24.5 Å². The Kier molecular flexibility index (Phi) is 5.07. The first-order valence-corrected chi connectivity index (χ1v) is 6.44. The van der Waals surface area contributed by atoms with Gasteiger partial charge in [0.1, 0.15) is 0 Å². The van der Waals surface area contributed by atoms with Crippen molar-refractivity contribution in [2.45, 2.75) is 13.0 Å². The summed E-state index contributed by atoms with van der Waals surface area (Å²) >= 11 is 0. The van der Waals surface area contributed by atoms with Crippen molar-refractivity contribution in [3.63, 3.8) is 0 Å². The van der Waals surface area contributed by atoms with Crippen LogP contribution in [0.5, 0.6) is 0 Å². The minimum atomic E-state index is 0.174. The number of hydrogen-bond acceptors (Lipinski definition) is 3. The lowest BCUT2D eigenvalue weighted by Crippen LogP contribution is -2.36. The first kappa shape index (κ1) is 12.9. The number of benzene rings is 1. The molecule has 1 heterocycles. The predicted octanol–water partition coefficient (Wildman–Crippen LogP) is 1.82. The van der Waals surface area contributed by atoms with Gasteiger partial charge in [0.25, 0.3) is 0 Å². The van der Waals surface area contributed by atoms with Crippen molar-refractivity contribution < 1.29 is 4.74 Å². The van der Waals surface area contributed by atoms with Crippen LogP contribution in [0.3, 0.4) is 0 Å². The molecule has 1 aromatic rings. The zero-order valence-corrected chi connectivity index (χ0v) is 10.9. The van der Waals surface area contributed by atoms with Crippen LogP contribution in [-0.2, 0) is 4.74 Å². The summed E-state index contributed by atoms with van der Waals surface area (Å²) in [5.74, 6) is 6.47. The lowest BCUT2D eigenvalue weighted by molar-refractivity contribution is 0.0443. The van der Waals surface area contributed by atoms with E-state index in [4.69, 9.17) is 4.74 Å². The number of nitrogens with zero attached hydrogens (tertiary/aromatic N) is 1. The van der Waals surface area contributed by atoms with Gasteiger partial charge in [-0.2, -0.15) is 0 Å². The van der Waals surface area contributed by atoms with Crippen molar-refractivity contribution in [3.05, 3.63) is 30.3 Å². The molecular weight excluding hydrogens is 224 g/mol. The second-order valence-corrected chi connectivity index (χ2v) is 4.44. The highest BCUT2D eigenvalue weighted by molar-refractivity contribution is 5.44. The van der Waals surface area contributed by atoms with Crippen molar-refractivity contribution in [1.82, 2.24) is 4.90 Å². The van der Waals surface area contributed by atoms with E-state index in [1.54, 1.807) is 0 Å².